The van der Waals surface area contributed by atoms with Gasteiger partial charge in [-0.1, -0.05) is 48.2 Å². The summed E-state index contributed by atoms with van der Waals surface area (Å²) < 4.78 is 5.87. The standard InChI is InChI=1S/C22H13N5O3S/c28-27(29)20-21(30-16-9-1-5-14-7-3-11-23-18(14)16)25-13-26-22(20)31-17-10-2-6-15-8-4-12-24-19(15)17/h1-13H. The molecule has 0 saturated heterocycles. The molecule has 0 amide bonds. The third kappa shape index (κ3) is 3.62. The number of hydrogen-bond acceptors (Lipinski definition) is 8. The first kappa shape index (κ1) is 18.9. The minimum absolute atomic E-state index is 0.145. The zero-order valence-corrected chi connectivity index (χ0v) is 16.7. The second-order valence-corrected chi connectivity index (χ2v) is 7.49. The van der Waals surface area contributed by atoms with Crippen molar-refractivity contribution in [3.05, 3.63) is 89.5 Å². The van der Waals surface area contributed by atoms with Gasteiger partial charge in [-0.15, -0.1) is 0 Å². The maximum Gasteiger partial charge on any atom is 0.363 e. The first-order valence-electron chi connectivity index (χ1n) is 9.23. The van der Waals surface area contributed by atoms with Crippen LogP contribution < -0.4 is 4.74 Å². The molecule has 0 aliphatic heterocycles. The van der Waals surface area contributed by atoms with E-state index in [-0.39, 0.29) is 16.6 Å². The largest absolute Gasteiger partial charge is 0.431 e. The average Bonchev–Trinajstić information content (AvgIpc) is 2.79. The summed E-state index contributed by atoms with van der Waals surface area (Å²) in [7, 11) is 0. The van der Waals surface area contributed by atoms with E-state index in [9.17, 15) is 10.1 Å². The maximum absolute atomic E-state index is 12.0. The molecule has 9 heteroatoms. The van der Waals surface area contributed by atoms with Gasteiger partial charge in [-0.25, -0.2) is 4.98 Å². The number of nitro groups is 1. The second kappa shape index (κ2) is 7.96. The Balaban J connectivity index is 1.59. The van der Waals surface area contributed by atoms with E-state index in [1.165, 1.54) is 6.33 Å². The van der Waals surface area contributed by atoms with Gasteiger partial charge in [0.05, 0.1) is 10.4 Å². The van der Waals surface area contributed by atoms with Gasteiger partial charge in [0.15, 0.2) is 10.8 Å². The molecule has 150 valence electrons. The summed E-state index contributed by atoms with van der Waals surface area (Å²) in [5.74, 6) is 0.233. The second-order valence-electron chi connectivity index (χ2n) is 6.46. The third-order valence-electron chi connectivity index (χ3n) is 4.54. The summed E-state index contributed by atoms with van der Waals surface area (Å²) in [6.07, 6.45) is 4.57. The molecule has 0 atom stereocenters. The summed E-state index contributed by atoms with van der Waals surface area (Å²) in [5.41, 5.74) is 1.02. The van der Waals surface area contributed by atoms with Crippen LogP contribution in [0.3, 0.4) is 0 Å². The smallest absolute Gasteiger partial charge is 0.363 e. The van der Waals surface area contributed by atoms with E-state index >= 15 is 0 Å². The highest BCUT2D eigenvalue weighted by atomic mass is 32.2. The van der Waals surface area contributed by atoms with Crippen molar-refractivity contribution < 1.29 is 9.66 Å². The van der Waals surface area contributed by atoms with E-state index in [0.29, 0.717) is 11.3 Å². The van der Waals surface area contributed by atoms with E-state index < -0.39 is 4.92 Å². The lowest BCUT2D eigenvalue weighted by molar-refractivity contribution is -0.389. The fourth-order valence-electron chi connectivity index (χ4n) is 3.18. The number of hydrogen-bond donors (Lipinski definition) is 0. The summed E-state index contributed by atoms with van der Waals surface area (Å²) in [5, 5.41) is 13.9. The van der Waals surface area contributed by atoms with E-state index in [4.69, 9.17) is 4.74 Å². The van der Waals surface area contributed by atoms with Crippen LogP contribution in [0.1, 0.15) is 0 Å². The van der Waals surface area contributed by atoms with Crippen molar-refractivity contribution in [1.82, 2.24) is 19.9 Å². The molecule has 0 spiro atoms. The molecule has 0 saturated carbocycles. The van der Waals surface area contributed by atoms with E-state index in [1.807, 2.05) is 48.5 Å². The number of aromatic nitrogens is 4. The molecule has 8 nitrogen and oxygen atoms in total. The Morgan fingerprint density at radius 3 is 2.26 bits per heavy atom. The van der Waals surface area contributed by atoms with E-state index in [0.717, 1.165) is 32.9 Å². The molecule has 5 rings (SSSR count). The van der Waals surface area contributed by atoms with Gasteiger partial charge in [-0.05, 0) is 24.3 Å². The Hall–Kier alpha value is -4.11. The lowest BCUT2D eigenvalue weighted by Crippen LogP contribution is -2.00. The molecule has 0 aliphatic carbocycles. The minimum Gasteiger partial charge on any atom is -0.431 e. The maximum atomic E-state index is 12.0. The molecule has 0 unspecified atom stereocenters. The molecule has 3 heterocycles. The summed E-state index contributed by atoms with van der Waals surface area (Å²) >= 11 is 1.15. The van der Waals surface area contributed by atoms with Crippen LogP contribution in [0.15, 0.2) is 89.3 Å². The predicted octanol–water partition coefficient (Wildman–Crippen LogP) is 5.42. The Bertz CT molecular complexity index is 1330. The third-order valence-corrected chi connectivity index (χ3v) is 5.58. The SMILES string of the molecule is O=[N+]([O-])c1c(Oc2cccc3cccnc23)ncnc1Sc1cccc2cccnc12. The van der Waals surface area contributed by atoms with Gasteiger partial charge in [-0.3, -0.25) is 20.1 Å². The number of benzene rings is 2. The number of ether oxygens (including phenoxy) is 1. The van der Waals surface area contributed by atoms with Crippen molar-refractivity contribution >= 4 is 39.3 Å². The summed E-state index contributed by atoms with van der Waals surface area (Å²) in [4.78, 5) is 29.1. The normalized spacial score (nSPS) is 11.0. The van der Waals surface area contributed by atoms with Crippen molar-refractivity contribution in [2.75, 3.05) is 0 Å². The lowest BCUT2D eigenvalue weighted by atomic mass is 10.2. The lowest BCUT2D eigenvalue weighted by Gasteiger charge is -2.10. The molecule has 0 radical (unpaired) electrons. The molecule has 0 N–H and O–H groups in total. The Morgan fingerprint density at radius 1 is 0.806 bits per heavy atom. The highest BCUT2D eigenvalue weighted by Gasteiger charge is 2.26. The Kier molecular flexibility index (Phi) is 4.85. The summed E-state index contributed by atoms with van der Waals surface area (Å²) in [6.45, 7) is 0. The van der Waals surface area contributed by atoms with Crippen LogP contribution in [0, 0.1) is 10.1 Å². The van der Waals surface area contributed by atoms with Gasteiger partial charge in [-0.2, -0.15) is 4.98 Å². The van der Waals surface area contributed by atoms with Gasteiger partial charge in [0, 0.05) is 28.1 Å². The van der Waals surface area contributed by atoms with Gasteiger partial charge in [0.1, 0.15) is 11.8 Å². The molecule has 0 aliphatic rings. The Labute approximate surface area is 180 Å². The number of fused-ring (bicyclic) bond motifs is 2. The highest BCUT2D eigenvalue weighted by molar-refractivity contribution is 7.99. The molecule has 5 aromatic rings. The van der Waals surface area contributed by atoms with Gasteiger partial charge < -0.3 is 4.74 Å². The van der Waals surface area contributed by atoms with Crippen molar-refractivity contribution in [3.63, 3.8) is 0 Å². The summed E-state index contributed by atoms with van der Waals surface area (Å²) in [6, 6.07) is 18.5. The topological polar surface area (TPSA) is 104 Å². The van der Waals surface area contributed by atoms with Crippen LogP contribution in [0.25, 0.3) is 21.8 Å². The van der Waals surface area contributed by atoms with Gasteiger partial charge in [0.2, 0.25) is 0 Å². The zero-order chi connectivity index (χ0) is 21.2. The monoisotopic (exact) mass is 427 g/mol. The molecule has 0 bridgehead atoms. The molecule has 0 fully saturated rings. The minimum atomic E-state index is -0.533. The average molecular weight is 427 g/mol. The van der Waals surface area contributed by atoms with Crippen LogP contribution in [0.5, 0.6) is 11.6 Å². The van der Waals surface area contributed by atoms with Crippen molar-refractivity contribution in [3.8, 4) is 11.6 Å². The van der Waals surface area contributed by atoms with E-state index in [2.05, 4.69) is 19.9 Å². The molecule has 31 heavy (non-hydrogen) atoms. The first-order valence-corrected chi connectivity index (χ1v) is 10.0. The molecule has 3 aromatic heterocycles. The highest BCUT2D eigenvalue weighted by Crippen LogP contribution is 2.41. The Morgan fingerprint density at radius 2 is 1.48 bits per heavy atom. The van der Waals surface area contributed by atoms with Crippen molar-refractivity contribution in [1.29, 1.82) is 0 Å². The fraction of sp³-hybridized carbons (Fsp3) is 0. The van der Waals surface area contributed by atoms with Crippen LogP contribution >= 0.6 is 11.8 Å². The van der Waals surface area contributed by atoms with Crippen molar-refractivity contribution in [2.24, 2.45) is 0 Å². The van der Waals surface area contributed by atoms with Gasteiger partial charge in [0.25, 0.3) is 0 Å². The predicted molar refractivity (Wildman–Crippen MR) is 116 cm³/mol. The van der Waals surface area contributed by atoms with E-state index in [1.54, 1.807) is 24.5 Å². The first-order chi connectivity index (χ1) is 15.2. The number of rotatable bonds is 5. The van der Waals surface area contributed by atoms with Crippen LogP contribution in [0.4, 0.5) is 5.69 Å². The molecular weight excluding hydrogens is 414 g/mol. The van der Waals surface area contributed by atoms with Gasteiger partial charge >= 0.3 is 11.6 Å². The van der Waals surface area contributed by atoms with Crippen LogP contribution in [-0.4, -0.2) is 24.9 Å². The number of para-hydroxylation sites is 2. The molecular formula is C22H13N5O3S. The van der Waals surface area contributed by atoms with Crippen molar-refractivity contribution in [2.45, 2.75) is 9.92 Å². The number of pyridine rings is 2. The fourth-order valence-corrected chi connectivity index (χ4v) is 4.16. The van der Waals surface area contributed by atoms with Crippen LogP contribution in [-0.2, 0) is 0 Å². The number of nitrogens with zero attached hydrogens (tertiary/aromatic N) is 5. The zero-order valence-electron chi connectivity index (χ0n) is 15.9. The quantitative estimate of drug-likeness (QED) is 0.208. The van der Waals surface area contributed by atoms with Crippen LogP contribution in [0.2, 0.25) is 0 Å². The molecule has 2 aromatic carbocycles.